The number of nitrogens with one attached hydrogen (secondary N) is 1. The summed E-state index contributed by atoms with van der Waals surface area (Å²) < 4.78 is 5.74. The van der Waals surface area contributed by atoms with Gasteiger partial charge < -0.3 is 15.0 Å². The summed E-state index contributed by atoms with van der Waals surface area (Å²) in [5.41, 5.74) is 2.00. The Bertz CT molecular complexity index is 888. The van der Waals surface area contributed by atoms with Crippen molar-refractivity contribution in [3.05, 3.63) is 64.7 Å². The number of halogens is 1. The van der Waals surface area contributed by atoms with Gasteiger partial charge in [-0.25, -0.2) is 0 Å². The second-order valence-electron chi connectivity index (χ2n) is 9.02. The summed E-state index contributed by atoms with van der Waals surface area (Å²) in [4.78, 5) is 27.2. The Morgan fingerprint density at radius 1 is 1.03 bits per heavy atom. The Labute approximate surface area is 190 Å². The second-order valence-corrected chi connectivity index (χ2v) is 9.42. The van der Waals surface area contributed by atoms with Gasteiger partial charge >= 0.3 is 0 Å². The highest BCUT2D eigenvalue weighted by molar-refractivity contribution is 6.31. The third-order valence-electron chi connectivity index (χ3n) is 4.98. The molecule has 1 N–H and O–H groups in total. The number of hydrogen-bond donors (Lipinski definition) is 1. The van der Waals surface area contributed by atoms with Gasteiger partial charge in [-0.05, 0) is 55.5 Å². The van der Waals surface area contributed by atoms with Crippen LogP contribution in [0, 0.1) is 0 Å². The number of rotatable bonds is 8. The van der Waals surface area contributed by atoms with Gasteiger partial charge in [0.1, 0.15) is 11.8 Å². The fraction of sp³-hybridized carbons (Fsp3) is 0.440. The Hall–Kier alpha value is -2.53. The lowest BCUT2D eigenvalue weighted by atomic mass is 9.87. The molecule has 168 valence electrons. The van der Waals surface area contributed by atoms with E-state index in [1.165, 1.54) is 10.5 Å². The SMILES string of the molecule is CC(C)NC(=O)C(C)N(Cc1ccccc1Cl)C(=O)COc1ccc(C(C)(C)C)cc1. The molecule has 0 aliphatic heterocycles. The van der Waals surface area contributed by atoms with Gasteiger partial charge in [0.15, 0.2) is 6.61 Å². The Morgan fingerprint density at radius 2 is 1.65 bits per heavy atom. The molecule has 2 aromatic carbocycles. The minimum absolute atomic E-state index is 0.0233. The van der Waals surface area contributed by atoms with Crippen LogP contribution in [-0.4, -0.2) is 35.4 Å². The van der Waals surface area contributed by atoms with E-state index in [0.717, 1.165) is 5.56 Å². The fourth-order valence-corrected chi connectivity index (χ4v) is 3.27. The average molecular weight is 445 g/mol. The molecule has 0 aliphatic carbocycles. The van der Waals surface area contributed by atoms with Crippen molar-refractivity contribution < 1.29 is 14.3 Å². The maximum absolute atomic E-state index is 13.1. The molecule has 1 atom stereocenters. The summed E-state index contributed by atoms with van der Waals surface area (Å²) in [5.74, 6) is 0.106. The van der Waals surface area contributed by atoms with E-state index in [1.54, 1.807) is 13.0 Å². The van der Waals surface area contributed by atoms with E-state index in [9.17, 15) is 9.59 Å². The van der Waals surface area contributed by atoms with Crippen molar-refractivity contribution in [2.75, 3.05) is 6.61 Å². The monoisotopic (exact) mass is 444 g/mol. The van der Waals surface area contributed by atoms with E-state index in [0.29, 0.717) is 10.8 Å². The number of nitrogens with zero attached hydrogens (tertiary/aromatic N) is 1. The highest BCUT2D eigenvalue weighted by Crippen LogP contribution is 2.24. The van der Waals surface area contributed by atoms with E-state index in [4.69, 9.17) is 16.3 Å². The Kier molecular flexibility index (Phi) is 8.52. The van der Waals surface area contributed by atoms with Gasteiger partial charge in [-0.15, -0.1) is 0 Å². The first-order valence-electron chi connectivity index (χ1n) is 10.6. The molecule has 0 radical (unpaired) electrons. The van der Waals surface area contributed by atoms with Crippen molar-refractivity contribution >= 4 is 23.4 Å². The molecule has 2 amide bonds. The maximum atomic E-state index is 13.1. The highest BCUT2D eigenvalue weighted by atomic mass is 35.5. The molecule has 6 heteroatoms. The lowest BCUT2D eigenvalue weighted by Crippen LogP contribution is -2.50. The Balaban J connectivity index is 2.15. The lowest BCUT2D eigenvalue weighted by molar-refractivity contribution is -0.142. The summed E-state index contributed by atoms with van der Waals surface area (Å²) in [6.07, 6.45) is 0. The van der Waals surface area contributed by atoms with E-state index >= 15 is 0 Å². The zero-order valence-corrected chi connectivity index (χ0v) is 20.0. The van der Waals surface area contributed by atoms with Crippen LogP contribution in [0.3, 0.4) is 0 Å². The van der Waals surface area contributed by atoms with E-state index in [1.807, 2.05) is 56.3 Å². The molecule has 0 fully saturated rings. The van der Waals surface area contributed by atoms with Crippen molar-refractivity contribution in [3.8, 4) is 5.75 Å². The summed E-state index contributed by atoms with van der Waals surface area (Å²) in [6, 6.07) is 14.3. The summed E-state index contributed by atoms with van der Waals surface area (Å²) in [5, 5.41) is 3.42. The van der Waals surface area contributed by atoms with Crippen LogP contribution in [0.2, 0.25) is 5.02 Å². The van der Waals surface area contributed by atoms with E-state index < -0.39 is 6.04 Å². The van der Waals surface area contributed by atoms with Crippen molar-refractivity contribution in [3.63, 3.8) is 0 Å². The molecule has 0 saturated carbocycles. The average Bonchev–Trinajstić information content (AvgIpc) is 2.70. The van der Waals surface area contributed by atoms with Crippen LogP contribution in [0.15, 0.2) is 48.5 Å². The van der Waals surface area contributed by atoms with Gasteiger partial charge in [0.05, 0.1) is 0 Å². The minimum atomic E-state index is -0.668. The molecule has 0 bridgehead atoms. The number of hydrogen-bond acceptors (Lipinski definition) is 3. The molecule has 2 aromatic rings. The molecule has 0 heterocycles. The van der Waals surface area contributed by atoms with Gasteiger partial charge in [-0.3, -0.25) is 9.59 Å². The third kappa shape index (κ3) is 7.28. The molecule has 1 unspecified atom stereocenters. The van der Waals surface area contributed by atoms with Crippen LogP contribution in [0.4, 0.5) is 0 Å². The number of carbonyl (C=O) groups is 2. The number of carbonyl (C=O) groups excluding carboxylic acids is 2. The topological polar surface area (TPSA) is 58.6 Å². The molecule has 0 saturated heterocycles. The van der Waals surface area contributed by atoms with Crippen molar-refractivity contribution in [1.29, 1.82) is 0 Å². The van der Waals surface area contributed by atoms with Crippen molar-refractivity contribution in [1.82, 2.24) is 10.2 Å². The zero-order valence-electron chi connectivity index (χ0n) is 19.2. The molecular weight excluding hydrogens is 412 g/mol. The number of benzene rings is 2. The third-order valence-corrected chi connectivity index (χ3v) is 5.35. The number of ether oxygens (including phenoxy) is 1. The van der Waals surface area contributed by atoms with E-state index in [2.05, 4.69) is 26.1 Å². The first-order chi connectivity index (χ1) is 14.5. The first kappa shape index (κ1) is 24.7. The standard InChI is InChI=1S/C25H33ClN2O3/c1-17(2)27-24(30)18(3)28(15-19-9-7-8-10-22(19)26)23(29)16-31-21-13-11-20(12-14-21)25(4,5)6/h7-14,17-18H,15-16H2,1-6H3,(H,27,30). The molecule has 0 aliphatic rings. The van der Waals surface area contributed by atoms with Crippen LogP contribution in [-0.2, 0) is 21.5 Å². The van der Waals surface area contributed by atoms with Crippen LogP contribution >= 0.6 is 11.6 Å². The second kappa shape index (κ2) is 10.7. The molecule has 0 aromatic heterocycles. The maximum Gasteiger partial charge on any atom is 0.261 e. The van der Waals surface area contributed by atoms with Gasteiger partial charge in [0.25, 0.3) is 5.91 Å². The highest BCUT2D eigenvalue weighted by Gasteiger charge is 2.27. The summed E-state index contributed by atoms with van der Waals surface area (Å²) in [6.45, 7) is 12.0. The largest absolute Gasteiger partial charge is 0.484 e. The molecule has 31 heavy (non-hydrogen) atoms. The van der Waals surface area contributed by atoms with Crippen molar-refractivity contribution in [2.24, 2.45) is 0 Å². The molecule has 5 nitrogen and oxygen atoms in total. The fourth-order valence-electron chi connectivity index (χ4n) is 3.08. The number of amides is 2. The van der Waals surface area contributed by atoms with Crippen LogP contribution in [0.25, 0.3) is 0 Å². The molecule has 2 rings (SSSR count). The van der Waals surface area contributed by atoms with Gasteiger partial charge in [0.2, 0.25) is 5.91 Å². The molecular formula is C25H33ClN2O3. The Morgan fingerprint density at radius 3 is 2.19 bits per heavy atom. The van der Waals surface area contributed by atoms with Gasteiger partial charge in [-0.2, -0.15) is 0 Å². The summed E-state index contributed by atoms with van der Waals surface area (Å²) >= 11 is 6.30. The smallest absolute Gasteiger partial charge is 0.261 e. The molecule has 0 spiro atoms. The quantitative estimate of drug-likeness (QED) is 0.626. The summed E-state index contributed by atoms with van der Waals surface area (Å²) in [7, 11) is 0. The predicted molar refractivity (Wildman–Crippen MR) is 125 cm³/mol. The van der Waals surface area contributed by atoms with E-state index in [-0.39, 0.29) is 36.4 Å². The first-order valence-corrected chi connectivity index (χ1v) is 10.9. The van der Waals surface area contributed by atoms with Crippen LogP contribution in [0.1, 0.15) is 52.7 Å². The lowest BCUT2D eigenvalue weighted by Gasteiger charge is -2.29. The normalized spacial score (nSPS) is 12.4. The zero-order chi connectivity index (χ0) is 23.2. The minimum Gasteiger partial charge on any atom is -0.484 e. The van der Waals surface area contributed by atoms with Gasteiger partial charge in [0, 0.05) is 17.6 Å². The van der Waals surface area contributed by atoms with Crippen LogP contribution in [0.5, 0.6) is 5.75 Å². The van der Waals surface area contributed by atoms with Crippen LogP contribution < -0.4 is 10.1 Å². The predicted octanol–water partition coefficient (Wildman–Crippen LogP) is 4.96. The van der Waals surface area contributed by atoms with Crippen molar-refractivity contribution in [2.45, 2.75) is 65.6 Å². The van der Waals surface area contributed by atoms with Gasteiger partial charge in [-0.1, -0.05) is 62.7 Å².